The van der Waals surface area contributed by atoms with Crippen LogP contribution in [0.3, 0.4) is 0 Å². The Morgan fingerprint density at radius 2 is 2.08 bits per heavy atom. The van der Waals surface area contributed by atoms with Gasteiger partial charge in [-0.15, -0.1) is 0 Å². The number of carbonyl (C=O) groups is 1. The van der Waals surface area contributed by atoms with Gasteiger partial charge in [-0.25, -0.2) is 9.50 Å². The van der Waals surface area contributed by atoms with E-state index < -0.39 is 5.91 Å². The Kier molecular flexibility index (Phi) is 3.18. The number of nitrogen functional groups attached to an aromatic ring is 1. The van der Waals surface area contributed by atoms with Crippen molar-refractivity contribution in [1.29, 1.82) is 0 Å². The van der Waals surface area contributed by atoms with Crippen molar-refractivity contribution in [2.45, 2.75) is 32.6 Å². The normalized spacial score (nSPS) is 14.2. The molecule has 0 bridgehead atoms. The second-order valence-electron chi connectivity index (χ2n) is 6.51. The summed E-state index contributed by atoms with van der Waals surface area (Å²) in [7, 11) is 0. The lowest BCUT2D eigenvalue weighted by Gasteiger charge is -2.14. The number of fused-ring (bicyclic) bond motifs is 1. The highest BCUT2D eigenvalue weighted by atomic mass is 16.1. The van der Waals surface area contributed by atoms with E-state index in [0.717, 1.165) is 18.4 Å². The molecule has 0 saturated heterocycles. The molecule has 4 rings (SSSR count). The molecule has 1 fully saturated rings. The van der Waals surface area contributed by atoms with Crippen molar-refractivity contribution in [2.75, 3.05) is 5.73 Å². The van der Waals surface area contributed by atoms with Crippen LogP contribution in [0.1, 0.15) is 46.1 Å². The molecule has 0 aromatic carbocycles. The van der Waals surface area contributed by atoms with Gasteiger partial charge in [0.15, 0.2) is 11.5 Å². The molecule has 25 heavy (non-hydrogen) atoms. The van der Waals surface area contributed by atoms with E-state index in [0.29, 0.717) is 34.1 Å². The number of aromatic amines is 1. The summed E-state index contributed by atoms with van der Waals surface area (Å²) in [6.07, 6.45) is 5.41. The third-order valence-corrected chi connectivity index (χ3v) is 4.67. The maximum Gasteiger partial charge on any atom is 0.254 e. The number of aryl methyl sites for hydroxylation is 1. The van der Waals surface area contributed by atoms with E-state index in [2.05, 4.69) is 15.1 Å². The number of nitrogens with one attached hydrogen (secondary N) is 1. The number of anilines is 1. The van der Waals surface area contributed by atoms with Crippen LogP contribution < -0.4 is 17.0 Å². The Morgan fingerprint density at radius 3 is 2.72 bits per heavy atom. The number of aromatic nitrogens is 4. The largest absolute Gasteiger partial charge is 0.397 e. The lowest BCUT2D eigenvalue weighted by atomic mass is 9.96. The number of primary amides is 1. The molecule has 8 heteroatoms. The number of H-pyrrole nitrogens is 1. The number of pyridine rings is 2. The minimum atomic E-state index is -0.667. The van der Waals surface area contributed by atoms with Crippen molar-refractivity contribution in [1.82, 2.24) is 19.6 Å². The fourth-order valence-corrected chi connectivity index (χ4v) is 3.18. The average molecular weight is 338 g/mol. The Bertz CT molecular complexity index is 1090. The molecule has 0 atom stereocenters. The van der Waals surface area contributed by atoms with Crippen molar-refractivity contribution >= 4 is 17.2 Å². The molecule has 0 spiro atoms. The molecule has 5 N–H and O–H groups in total. The molecule has 1 amide bonds. The summed E-state index contributed by atoms with van der Waals surface area (Å²) in [6.45, 7) is 3.58. The Balaban J connectivity index is 2.09. The zero-order chi connectivity index (χ0) is 17.9. The third-order valence-electron chi connectivity index (χ3n) is 4.67. The van der Waals surface area contributed by atoms with Crippen LogP contribution in [-0.4, -0.2) is 25.5 Å². The van der Waals surface area contributed by atoms with Crippen molar-refractivity contribution in [2.24, 2.45) is 5.73 Å². The standard InChI is InChI=1S/C17H18N6O2/c1-7-5-20-17(25)8(2)11(7)10-6-23-16(12(13(10)18)14(19)24)21-15(22-23)9-3-4-9/h5-6,9H,3-4,18H2,1-2H3,(H2,19,24)(H,20,25). The molecule has 3 heterocycles. The van der Waals surface area contributed by atoms with Crippen molar-refractivity contribution in [3.8, 4) is 11.1 Å². The lowest BCUT2D eigenvalue weighted by molar-refractivity contribution is 0.100. The number of carbonyl (C=O) groups excluding carboxylic acids is 1. The van der Waals surface area contributed by atoms with Crippen LogP contribution in [0.4, 0.5) is 5.69 Å². The predicted molar refractivity (Wildman–Crippen MR) is 93.4 cm³/mol. The topological polar surface area (TPSA) is 132 Å². The summed E-state index contributed by atoms with van der Waals surface area (Å²) >= 11 is 0. The van der Waals surface area contributed by atoms with Crippen LogP contribution in [0, 0.1) is 13.8 Å². The monoisotopic (exact) mass is 338 g/mol. The first kappa shape index (κ1) is 15.4. The van der Waals surface area contributed by atoms with Gasteiger partial charge in [0.2, 0.25) is 0 Å². The highest BCUT2D eigenvalue weighted by Gasteiger charge is 2.30. The summed E-state index contributed by atoms with van der Waals surface area (Å²) in [5, 5.41) is 4.48. The van der Waals surface area contributed by atoms with Gasteiger partial charge in [-0.05, 0) is 37.8 Å². The van der Waals surface area contributed by atoms with E-state index in [4.69, 9.17) is 11.5 Å². The van der Waals surface area contributed by atoms with Gasteiger partial charge >= 0.3 is 0 Å². The smallest absolute Gasteiger partial charge is 0.254 e. The highest BCUT2D eigenvalue weighted by Crippen LogP contribution is 2.39. The van der Waals surface area contributed by atoms with Crippen LogP contribution in [0.5, 0.6) is 0 Å². The molecule has 1 aliphatic rings. The van der Waals surface area contributed by atoms with Gasteiger partial charge in [-0.3, -0.25) is 9.59 Å². The zero-order valence-electron chi connectivity index (χ0n) is 14.0. The highest BCUT2D eigenvalue weighted by molar-refractivity contribution is 6.07. The first-order valence-corrected chi connectivity index (χ1v) is 8.06. The third kappa shape index (κ3) is 2.29. The van der Waals surface area contributed by atoms with Crippen LogP contribution in [0.15, 0.2) is 17.2 Å². The average Bonchev–Trinajstić information content (AvgIpc) is 3.32. The minimum Gasteiger partial charge on any atom is -0.397 e. The van der Waals surface area contributed by atoms with E-state index >= 15 is 0 Å². The first-order chi connectivity index (χ1) is 11.9. The van der Waals surface area contributed by atoms with Gasteiger partial charge in [0.25, 0.3) is 11.5 Å². The number of hydrogen-bond acceptors (Lipinski definition) is 5. The Labute approximate surface area is 142 Å². The van der Waals surface area contributed by atoms with E-state index in [1.807, 2.05) is 6.92 Å². The van der Waals surface area contributed by atoms with Gasteiger partial charge < -0.3 is 16.5 Å². The zero-order valence-corrected chi connectivity index (χ0v) is 14.0. The molecule has 3 aromatic rings. The van der Waals surface area contributed by atoms with E-state index in [9.17, 15) is 9.59 Å². The molecule has 0 unspecified atom stereocenters. The maximum atomic E-state index is 12.0. The Morgan fingerprint density at radius 1 is 1.36 bits per heavy atom. The van der Waals surface area contributed by atoms with Gasteiger partial charge in [0.1, 0.15) is 5.56 Å². The summed E-state index contributed by atoms with van der Waals surface area (Å²) in [6, 6.07) is 0. The molecular weight excluding hydrogens is 320 g/mol. The summed E-state index contributed by atoms with van der Waals surface area (Å²) in [5.74, 6) is 0.353. The molecule has 0 radical (unpaired) electrons. The number of nitrogens with zero attached hydrogens (tertiary/aromatic N) is 3. The van der Waals surface area contributed by atoms with Crippen LogP contribution in [-0.2, 0) is 0 Å². The maximum absolute atomic E-state index is 12.0. The van der Waals surface area contributed by atoms with Gasteiger partial charge in [-0.1, -0.05) is 0 Å². The predicted octanol–water partition coefficient (Wildman–Crippen LogP) is 1.26. The number of hydrogen-bond donors (Lipinski definition) is 3. The first-order valence-electron chi connectivity index (χ1n) is 8.06. The number of amides is 1. The van der Waals surface area contributed by atoms with E-state index in [1.54, 1.807) is 23.8 Å². The SMILES string of the molecule is Cc1c[nH]c(=O)c(C)c1-c1cn2nc(C3CC3)nc2c(C(N)=O)c1N. The van der Waals surface area contributed by atoms with Crippen molar-refractivity contribution < 1.29 is 4.79 Å². The van der Waals surface area contributed by atoms with Gasteiger partial charge in [0, 0.05) is 29.4 Å². The fraction of sp³-hybridized carbons (Fsp3) is 0.294. The molecular formula is C17H18N6O2. The summed E-state index contributed by atoms with van der Waals surface area (Å²) in [5.41, 5.74) is 14.9. The van der Waals surface area contributed by atoms with Crippen molar-refractivity contribution in [3.05, 3.63) is 45.3 Å². The quantitative estimate of drug-likeness (QED) is 0.661. The summed E-state index contributed by atoms with van der Waals surface area (Å²) < 4.78 is 1.54. The van der Waals surface area contributed by atoms with Crippen LogP contribution in [0.25, 0.3) is 16.8 Å². The number of rotatable bonds is 3. The lowest BCUT2D eigenvalue weighted by Crippen LogP contribution is -2.18. The second kappa shape index (κ2) is 5.17. The van der Waals surface area contributed by atoms with Crippen LogP contribution >= 0.6 is 0 Å². The van der Waals surface area contributed by atoms with Crippen LogP contribution in [0.2, 0.25) is 0 Å². The molecule has 3 aromatic heterocycles. The molecule has 0 aliphatic heterocycles. The van der Waals surface area contributed by atoms with Gasteiger partial charge in [-0.2, -0.15) is 5.10 Å². The summed E-state index contributed by atoms with van der Waals surface area (Å²) in [4.78, 5) is 31.2. The molecule has 128 valence electrons. The molecule has 8 nitrogen and oxygen atoms in total. The fourth-order valence-electron chi connectivity index (χ4n) is 3.18. The minimum absolute atomic E-state index is 0.135. The van der Waals surface area contributed by atoms with E-state index in [1.165, 1.54) is 0 Å². The van der Waals surface area contributed by atoms with Crippen molar-refractivity contribution in [3.63, 3.8) is 0 Å². The number of nitrogens with two attached hydrogens (primary N) is 2. The molecule has 1 aliphatic carbocycles. The van der Waals surface area contributed by atoms with E-state index in [-0.39, 0.29) is 16.8 Å². The van der Waals surface area contributed by atoms with Gasteiger partial charge in [0.05, 0.1) is 5.69 Å². The second-order valence-corrected chi connectivity index (χ2v) is 6.51. The Hall–Kier alpha value is -3.16. The molecule has 1 saturated carbocycles.